The van der Waals surface area contributed by atoms with Gasteiger partial charge in [0.05, 0.1) is 0 Å². The van der Waals surface area contributed by atoms with Crippen molar-refractivity contribution in [1.29, 1.82) is 0 Å². The van der Waals surface area contributed by atoms with E-state index in [0.29, 0.717) is 0 Å². The number of aliphatic imine (C=N–C) groups is 1. The zero-order valence-electron chi connectivity index (χ0n) is 10.1. The predicted octanol–water partition coefficient (Wildman–Crippen LogP) is 4.20. The molecule has 0 unspecified atom stereocenters. The molecule has 3 nitrogen and oxygen atoms in total. The zero-order chi connectivity index (χ0) is 13.5. The molecule has 0 N–H and O–H groups in total. The van der Waals surface area contributed by atoms with Gasteiger partial charge in [0.25, 0.3) is 0 Å². The first-order chi connectivity index (χ1) is 9.24. The SMILES string of the molecule is O=C(/N=C/c1ccc(Br)cc1)OCc1ccccc1. The number of amides is 1. The first-order valence-corrected chi connectivity index (χ1v) is 6.53. The Morgan fingerprint density at radius 1 is 1.11 bits per heavy atom. The monoisotopic (exact) mass is 317 g/mol. The van der Waals surface area contributed by atoms with Crippen LogP contribution >= 0.6 is 15.9 Å². The molecular weight excluding hydrogens is 306 g/mol. The Bertz CT molecular complexity index is 564. The second kappa shape index (κ2) is 6.85. The van der Waals surface area contributed by atoms with Crippen LogP contribution in [0.25, 0.3) is 0 Å². The average molecular weight is 318 g/mol. The van der Waals surface area contributed by atoms with Crippen molar-refractivity contribution in [1.82, 2.24) is 0 Å². The number of hydrogen-bond donors (Lipinski definition) is 0. The lowest BCUT2D eigenvalue weighted by Gasteiger charge is -2.00. The van der Waals surface area contributed by atoms with Crippen molar-refractivity contribution in [3.05, 3.63) is 70.2 Å². The summed E-state index contributed by atoms with van der Waals surface area (Å²) >= 11 is 3.34. The molecular formula is C15H12BrNO2. The summed E-state index contributed by atoms with van der Waals surface area (Å²) < 4.78 is 6.01. The van der Waals surface area contributed by atoms with Crippen molar-refractivity contribution in [3.8, 4) is 0 Å². The van der Waals surface area contributed by atoms with Crippen LogP contribution in [0.1, 0.15) is 11.1 Å². The van der Waals surface area contributed by atoms with Crippen LogP contribution in [0.4, 0.5) is 4.79 Å². The Labute approximate surface area is 120 Å². The molecule has 19 heavy (non-hydrogen) atoms. The maximum absolute atomic E-state index is 11.4. The fourth-order valence-corrected chi connectivity index (χ4v) is 1.70. The molecule has 0 radical (unpaired) electrons. The molecule has 0 aliphatic carbocycles. The minimum Gasteiger partial charge on any atom is -0.443 e. The third-order valence-electron chi connectivity index (χ3n) is 2.39. The van der Waals surface area contributed by atoms with E-state index >= 15 is 0 Å². The van der Waals surface area contributed by atoms with Gasteiger partial charge in [-0.1, -0.05) is 58.4 Å². The van der Waals surface area contributed by atoms with Gasteiger partial charge < -0.3 is 4.74 Å². The lowest BCUT2D eigenvalue weighted by atomic mass is 10.2. The molecule has 0 heterocycles. The van der Waals surface area contributed by atoms with Crippen LogP contribution in [0, 0.1) is 0 Å². The molecule has 0 saturated carbocycles. The van der Waals surface area contributed by atoms with E-state index in [0.717, 1.165) is 15.6 Å². The second-order valence-corrected chi connectivity index (χ2v) is 4.77. The highest BCUT2D eigenvalue weighted by Crippen LogP contribution is 2.09. The molecule has 0 saturated heterocycles. The van der Waals surface area contributed by atoms with Gasteiger partial charge in [-0.15, -0.1) is 0 Å². The van der Waals surface area contributed by atoms with Gasteiger partial charge in [0.2, 0.25) is 0 Å². The topological polar surface area (TPSA) is 38.7 Å². The molecule has 2 aromatic rings. The molecule has 1 amide bonds. The Hall–Kier alpha value is -1.94. The molecule has 0 aromatic heterocycles. The van der Waals surface area contributed by atoms with Crippen molar-refractivity contribution >= 4 is 28.2 Å². The third-order valence-corrected chi connectivity index (χ3v) is 2.92. The van der Waals surface area contributed by atoms with Crippen LogP contribution in [-0.2, 0) is 11.3 Å². The number of benzene rings is 2. The van der Waals surface area contributed by atoms with Gasteiger partial charge in [0.15, 0.2) is 0 Å². The molecule has 0 aliphatic rings. The molecule has 0 spiro atoms. The molecule has 0 bridgehead atoms. The van der Waals surface area contributed by atoms with E-state index in [-0.39, 0.29) is 6.61 Å². The smallest absolute Gasteiger partial charge is 0.433 e. The van der Waals surface area contributed by atoms with Crippen LogP contribution in [0.3, 0.4) is 0 Å². The summed E-state index contributed by atoms with van der Waals surface area (Å²) in [4.78, 5) is 15.2. The number of rotatable bonds is 3. The summed E-state index contributed by atoms with van der Waals surface area (Å²) in [7, 11) is 0. The van der Waals surface area contributed by atoms with E-state index < -0.39 is 6.09 Å². The van der Waals surface area contributed by atoms with E-state index in [9.17, 15) is 4.79 Å². The fourth-order valence-electron chi connectivity index (χ4n) is 1.43. The summed E-state index contributed by atoms with van der Waals surface area (Å²) in [5, 5.41) is 0. The summed E-state index contributed by atoms with van der Waals surface area (Å²) in [6.45, 7) is 0.233. The highest BCUT2D eigenvalue weighted by molar-refractivity contribution is 9.10. The molecule has 2 rings (SSSR count). The number of halogens is 1. The predicted molar refractivity (Wildman–Crippen MR) is 78.4 cm³/mol. The average Bonchev–Trinajstić information content (AvgIpc) is 2.45. The number of carbonyl (C=O) groups is 1. The molecule has 0 fully saturated rings. The van der Waals surface area contributed by atoms with E-state index in [1.807, 2.05) is 54.6 Å². The highest BCUT2D eigenvalue weighted by atomic mass is 79.9. The first kappa shape index (κ1) is 13.5. The van der Waals surface area contributed by atoms with Gasteiger partial charge in [-0.25, -0.2) is 4.79 Å². The minimum atomic E-state index is -0.591. The van der Waals surface area contributed by atoms with Crippen molar-refractivity contribution in [2.45, 2.75) is 6.61 Å². The lowest BCUT2D eigenvalue weighted by Crippen LogP contribution is -1.99. The van der Waals surface area contributed by atoms with Crippen LogP contribution < -0.4 is 0 Å². The summed E-state index contributed by atoms with van der Waals surface area (Å²) in [5.41, 5.74) is 1.79. The van der Waals surface area contributed by atoms with Crippen molar-refractivity contribution < 1.29 is 9.53 Å². The van der Waals surface area contributed by atoms with Crippen LogP contribution in [0.2, 0.25) is 0 Å². The van der Waals surface area contributed by atoms with Crippen molar-refractivity contribution in [2.75, 3.05) is 0 Å². The molecule has 2 aromatic carbocycles. The summed E-state index contributed by atoms with van der Waals surface area (Å²) in [6, 6.07) is 17.0. The van der Waals surface area contributed by atoms with Gasteiger partial charge in [-0.3, -0.25) is 0 Å². The van der Waals surface area contributed by atoms with E-state index in [1.54, 1.807) is 0 Å². The highest BCUT2D eigenvalue weighted by Gasteiger charge is 1.99. The fraction of sp³-hybridized carbons (Fsp3) is 0.0667. The number of hydrogen-bond acceptors (Lipinski definition) is 2. The minimum absolute atomic E-state index is 0.233. The van der Waals surface area contributed by atoms with Crippen LogP contribution in [0.15, 0.2) is 64.1 Å². The van der Waals surface area contributed by atoms with Crippen LogP contribution in [-0.4, -0.2) is 12.3 Å². The van der Waals surface area contributed by atoms with Gasteiger partial charge in [0, 0.05) is 10.7 Å². The third kappa shape index (κ3) is 4.67. The Kier molecular flexibility index (Phi) is 4.86. The second-order valence-electron chi connectivity index (χ2n) is 3.85. The molecule has 0 atom stereocenters. The van der Waals surface area contributed by atoms with Crippen molar-refractivity contribution in [2.24, 2.45) is 4.99 Å². The van der Waals surface area contributed by atoms with Gasteiger partial charge in [-0.05, 0) is 23.3 Å². The van der Waals surface area contributed by atoms with Gasteiger partial charge in [-0.2, -0.15) is 4.99 Å². The maximum Gasteiger partial charge on any atom is 0.433 e. The Balaban J connectivity index is 1.86. The normalized spacial score (nSPS) is 10.6. The van der Waals surface area contributed by atoms with Crippen LogP contribution in [0.5, 0.6) is 0 Å². The first-order valence-electron chi connectivity index (χ1n) is 5.74. The van der Waals surface area contributed by atoms with Crippen molar-refractivity contribution in [3.63, 3.8) is 0 Å². The number of nitrogens with zero attached hydrogens (tertiary/aromatic N) is 1. The van der Waals surface area contributed by atoms with E-state index in [1.165, 1.54) is 6.21 Å². The standard InChI is InChI=1S/C15H12BrNO2/c16-14-8-6-12(7-9-14)10-17-15(18)19-11-13-4-2-1-3-5-13/h1-10H,11H2/b17-10+. The van der Waals surface area contributed by atoms with Gasteiger partial charge in [0.1, 0.15) is 6.61 Å². The molecule has 96 valence electrons. The summed E-state index contributed by atoms with van der Waals surface area (Å²) in [5.74, 6) is 0. The zero-order valence-corrected chi connectivity index (χ0v) is 11.7. The van der Waals surface area contributed by atoms with E-state index in [2.05, 4.69) is 20.9 Å². The van der Waals surface area contributed by atoms with E-state index in [4.69, 9.17) is 4.74 Å². The Morgan fingerprint density at radius 3 is 2.47 bits per heavy atom. The molecule has 0 aliphatic heterocycles. The van der Waals surface area contributed by atoms with Gasteiger partial charge >= 0.3 is 6.09 Å². The molecule has 4 heteroatoms. The maximum atomic E-state index is 11.4. The summed E-state index contributed by atoms with van der Waals surface area (Å²) in [6.07, 6.45) is 0.895. The number of carbonyl (C=O) groups excluding carboxylic acids is 1. The largest absolute Gasteiger partial charge is 0.443 e. The quantitative estimate of drug-likeness (QED) is 0.795. The Morgan fingerprint density at radius 2 is 1.79 bits per heavy atom. The lowest BCUT2D eigenvalue weighted by molar-refractivity contribution is 0.151. The number of ether oxygens (including phenoxy) is 1.